The van der Waals surface area contributed by atoms with E-state index in [4.69, 9.17) is 9.47 Å². The molecule has 4 heteroatoms. The number of hydrogen-bond acceptors (Lipinski definition) is 3. The molecule has 0 amide bonds. The quantitative estimate of drug-likeness (QED) is 0.889. The van der Waals surface area contributed by atoms with Gasteiger partial charge in [0.15, 0.2) is 11.6 Å². The fraction of sp³-hybridized carbons (Fsp3) is 0.571. The molecule has 18 heavy (non-hydrogen) atoms. The van der Waals surface area contributed by atoms with Crippen LogP contribution in [0, 0.1) is 5.82 Å². The summed E-state index contributed by atoms with van der Waals surface area (Å²) in [4.78, 5) is 0. The van der Waals surface area contributed by atoms with Crippen LogP contribution in [0.1, 0.15) is 18.4 Å². The van der Waals surface area contributed by atoms with Crippen molar-refractivity contribution < 1.29 is 13.9 Å². The monoisotopic (exact) mass is 251 g/mol. The number of methoxy groups -OCH3 is 1. The van der Waals surface area contributed by atoms with Crippen LogP contribution in [0.25, 0.3) is 0 Å². The largest absolute Gasteiger partial charge is 0.494 e. The Labute approximate surface area is 106 Å². The van der Waals surface area contributed by atoms with Gasteiger partial charge in [0, 0.05) is 6.04 Å². The van der Waals surface area contributed by atoms with Crippen LogP contribution in [0.15, 0.2) is 18.2 Å². The van der Waals surface area contributed by atoms with Gasteiger partial charge in [0.25, 0.3) is 0 Å². The molecular weight excluding hydrogens is 233 g/mol. The van der Waals surface area contributed by atoms with Crippen molar-refractivity contribution in [1.82, 2.24) is 5.32 Å². The molecule has 0 aromatic heterocycles. The smallest absolute Gasteiger partial charge is 0.165 e. The molecule has 1 aromatic rings. The van der Waals surface area contributed by atoms with Gasteiger partial charge >= 0.3 is 0 Å². The summed E-state index contributed by atoms with van der Waals surface area (Å²) in [6.45, 7) is 2.40. The zero-order chi connectivity index (χ0) is 12.6. The minimum atomic E-state index is -0.292. The second kappa shape index (κ2) is 4.52. The average Bonchev–Trinajstić information content (AvgIpc) is 2.82. The van der Waals surface area contributed by atoms with Gasteiger partial charge in [-0.2, -0.15) is 0 Å². The predicted octanol–water partition coefficient (Wildman–Crippen LogP) is 1.85. The van der Waals surface area contributed by atoms with E-state index in [1.807, 2.05) is 6.07 Å². The van der Waals surface area contributed by atoms with Crippen molar-refractivity contribution in [2.45, 2.75) is 24.3 Å². The van der Waals surface area contributed by atoms with Crippen LogP contribution in [0.2, 0.25) is 0 Å². The van der Waals surface area contributed by atoms with Gasteiger partial charge in [-0.25, -0.2) is 4.39 Å². The number of rotatable bonds is 3. The lowest BCUT2D eigenvalue weighted by molar-refractivity contribution is -0.0762. The molecule has 1 atom stereocenters. The first-order valence-corrected chi connectivity index (χ1v) is 6.41. The molecule has 1 N–H and O–H groups in total. The van der Waals surface area contributed by atoms with Gasteiger partial charge < -0.3 is 14.8 Å². The first-order chi connectivity index (χ1) is 8.76. The van der Waals surface area contributed by atoms with Crippen LogP contribution in [0.5, 0.6) is 5.75 Å². The van der Waals surface area contributed by atoms with Crippen LogP contribution in [0.3, 0.4) is 0 Å². The number of ether oxygens (including phenoxy) is 2. The third-order valence-electron chi connectivity index (χ3n) is 4.17. The second-order valence-corrected chi connectivity index (χ2v) is 5.15. The first-order valence-electron chi connectivity index (χ1n) is 6.41. The fourth-order valence-electron chi connectivity index (χ4n) is 3.02. The van der Waals surface area contributed by atoms with Crippen molar-refractivity contribution in [3.8, 4) is 5.75 Å². The van der Waals surface area contributed by atoms with E-state index in [1.54, 1.807) is 12.1 Å². The molecule has 2 aliphatic heterocycles. The van der Waals surface area contributed by atoms with Crippen molar-refractivity contribution in [3.63, 3.8) is 0 Å². The van der Waals surface area contributed by atoms with Crippen LogP contribution in [-0.2, 0) is 10.2 Å². The zero-order valence-electron chi connectivity index (χ0n) is 10.5. The van der Waals surface area contributed by atoms with E-state index in [2.05, 4.69) is 5.32 Å². The van der Waals surface area contributed by atoms with Crippen molar-refractivity contribution in [3.05, 3.63) is 29.6 Å². The lowest BCUT2D eigenvalue weighted by Crippen LogP contribution is -2.58. The number of benzene rings is 1. The molecule has 0 radical (unpaired) electrons. The maximum atomic E-state index is 13.8. The molecule has 0 aliphatic carbocycles. The number of nitrogens with one attached hydrogen (secondary N) is 1. The molecule has 0 spiro atoms. The first kappa shape index (κ1) is 11.9. The van der Waals surface area contributed by atoms with Gasteiger partial charge in [0.1, 0.15) is 0 Å². The standard InChI is InChI=1S/C14H18FNO2/c1-17-12-5-4-10(7-11(12)15)14(8-18-9-14)13-3-2-6-16-13/h4-5,7,13,16H,2-3,6,8-9H2,1H3. The summed E-state index contributed by atoms with van der Waals surface area (Å²) >= 11 is 0. The molecule has 1 unspecified atom stereocenters. The Morgan fingerprint density at radius 3 is 2.78 bits per heavy atom. The highest BCUT2D eigenvalue weighted by Crippen LogP contribution is 2.40. The Morgan fingerprint density at radius 2 is 2.28 bits per heavy atom. The minimum Gasteiger partial charge on any atom is -0.494 e. The van der Waals surface area contributed by atoms with Gasteiger partial charge in [0.05, 0.1) is 25.7 Å². The van der Waals surface area contributed by atoms with Crippen LogP contribution in [0.4, 0.5) is 4.39 Å². The Morgan fingerprint density at radius 1 is 1.44 bits per heavy atom. The molecule has 98 valence electrons. The molecule has 0 bridgehead atoms. The van der Waals surface area contributed by atoms with Gasteiger partial charge in [-0.3, -0.25) is 0 Å². The summed E-state index contributed by atoms with van der Waals surface area (Å²) in [5.74, 6) is 0.00722. The lowest BCUT2D eigenvalue weighted by atomic mass is 9.72. The molecule has 2 aliphatic rings. The molecule has 2 saturated heterocycles. The Kier molecular flexibility index (Phi) is 2.99. The summed E-state index contributed by atoms with van der Waals surface area (Å²) in [6, 6.07) is 5.67. The highest BCUT2D eigenvalue weighted by atomic mass is 19.1. The second-order valence-electron chi connectivity index (χ2n) is 5.15. The third-order valence-corrected chi connectivity index (χ3v) is 4.17. The van der Waals surface area contributed by atoms with Gasteiger partial charge in [-0.15, -0.1) is 0 Å². The Hall–Kier alpha value is -1.13. The topological polar surface area (TPSA) is 30.5 Å². The van der Waals surface area contributed by atoms with E-state index in [0.717, 1.165) is 18.5 Å². The molecule has 3 nitrogen and oxygen atoms in total. The normalized spacial score (nSPS) is 25.8. The molecule has 0 saturated carbocycles. The maximum Gasteiger partial charge on any atom is 0.165 e. The Bertz CT molecular complexity index is 439. The van der Waals surface area contributed by atoms with Crippen LogP contribution >= 0.6 is 0 Å². The van der Waals surface area contributed by atoms with Gasteiger partial charge in [-0.1, -0.05) is 6.07 Å². The summed E-state index contributed by atoms with van der Waals surface area (Å²) in [5.41, 5.74) is 0.968. The van der Waals surface area contributed by atoms with E-state index in [1.165, 1.54) is 13.5 Å². The third kappa shape index (κ3) is 1.71. The highest BCUT2D eigenvalue weighted by Gasteiger charge is 2.48. The summed E-state index contributed by atoms with van der Waals surface area (Å²) < 4.78 is 24.2. The van der Waals surface area contributed by atoms with E-state index >= 15 is 0 Å². The summed E-state index contributed by atoms with van der Waals surface area (Å²) in [5, 5.41) is 3.51. The van der Waals surface area contributed by atoms with E-state index < -0.39 is 0 Å². The van der Waals surface area contributed by atoms with Crippen molar-refractivity contribution in [2.24, 2.45) is 0 Å². The van der Waals surface area contributed by atoms with Crippen LogP contribution < -0.4 is 10.1 Å². The average molecular weight is 251 g/mol. The Balaban J connectivity index is 1.93. The SMILES string of the molecule is COc1ccc(C2(C3CCCN3)COC2)cc1F. The number of hydrogen-bond donors (Lipinski definition) is 1. The fourth-order valence-corrected chi connectivity index (χ4v) is 3.02. The van der Waals surface area contributed by atoms with Crippen molar-refractivity contribution >= 4 is 0 Å². The molecule has 2 fully saturated rings. The lowest BCUT2D eigenvalue weighted by Gasteiger charge is -2.46. The predicted molar refractivity (Wildman–Crippen MR) is 66.5 cm³/mol. The molecule has 3 rings (SSSR count). The maximum absolute atomic E-state index is 13.8. The zero-order valence-corrected chi connectivity index (χ0v) is 10.5. The van der Waals surface area contributed by atoms with Crippen LogP contribution in [-0.4, -0.2) is 32.9 Å². The molecule has 2 heterocycles. The van der Waals surface area contributed by atoms with Crippen molar-refractivity contribution in [1.29, 1.82) is 0 Å². The molecular formula is C14H18FNO2. The van der Waals surface area contributed by atoms with Crippen molar-refractivity contribution in [2.75, 3.05) is 26.9 Å². The van der Waals surface area contributed by atoms with Gasteiger partial charge in [0.2, 0.25) is 0 Å². The van der Waals surface area contributed by atoms with E-state index in [0.29, 0.717) is 25.0 Å². The molecule has 1 aromatic carbocycles. The summed E-state index contributed by atoms with van der Waals surface area (Å²) in [7, 11) is 1.48. The van der Waals surface area contributed by atoms with E-state index in [-0.39, 0.29) is 11.2 Å². The summed E-state index contributed by atoms with van der Waals surface area (Å²) in [6.07, 6.45) is 2.32. The number of halogens is 1. The van der Waals surface area contributed by atoms with Gasteiger partial charge in [-0.05, 0) is 37.1 Å². The van der Waals surface area contributed by atoms with E-state index in [9.17, 15) is 4.39 Å². The minimum absolute atomic E-state index is 0.0520. The highest BCUT2D eigenvalue weighted by molar-refractivity contribution is 5.37.